The molecule has 0 bridgehead atoms. The molecule has 0 aliphatic rings. The molecule has 0 spiro atoms. The van der Waals surface area contributed by atoms with Crippen molar-refractivity contribution in [1.29, 1.82) is 0 Å². The standard InChI is InChI=1S/C14H14BrNO2S/c1-9-6-12(19-13(9)15)14(18)16-7-10-2-4-11(8-17)5-3-10/h2-6,17H,7-8H2,1H3,(H,16,18). The Morgan fingerprint density at radius 3 is 2.47 bits per heavy atom. The molecule has 0 saturated heterocycles. The lowest BCUT2D eigenvalue weighted by Crippen LogP contribution is -2.21. The van der Waals surface area contributed by atoms with Crippen LogP contribution in [0.1, 0.15) is 26.4 Å². The topological polar surface area (TPSA) is 49.3 Å². The van der Waals surface area contributed by atoms with Crippen molar-refractivity contribution >= 4 is 33.2 Å². The van der Waals surface area contributed by atoms with Gasteiger partial charge in [-0.15, -0.1) is 11.3 Å². The van der Waals surface area contributed by atoms with Crippen LogP contribution in [-0.2, 0) is 13.2 Å². The molecule has 0 fully saturated rings. The third-order valence-electron chi connectivity index (χ3n) is 2.74. The molecule has 100 valence electrons. The predicted molar refractivity (Wildman–Crippen MR) is 80.3 cm³/mol. The van der Waals surface area contributed by atoms with Crippen molar-refractivity contribution in [2.24, 2.45) is 0 Å². The Bertz CT molecular complexity index is 558. The molecule has 2 aromatic rings. The molecular formula is C14H14BrNO2S. The van der Waals surface area contributed by atoms with Crippen LogP contribution >= 0.6 is 27.3 Å². The maximum Gasteiger partial charge on any atom is 0.261 e. The molecular weight excluding hydrogens is 326 g/mol. The fourth-order valence-corrected chi connectivity index (χ4v) is 3.05. The van der Waals surface area contributed by atoms with Gasteiger partial charge in [-0.05, 0) is 45.6 Å². The van der Waals surface area contributed by atoms with E-state index in [0.29, 0.717) is 11.4 Å². The van der Waals surface area contributed by atoms with Crippen LogP contribution in [0, 0.1) is 6.92 Å². The summed E-state index contributed by atoms with van der Waals surface area (Å²) in [5.41, 5.74) is 2.95. The van der Waals surface area contributed by atoms with Gasteiger partial charge in [0.15, 0.2) is 0 Å². The summed E-state index contributed by atoms with van der Waals surface area (Å²) in [6, 6.07) is 9.39. The molecule has 3 nitrogen and oxygen atoms in total. The normalized spacial score (nSPS) is 10.5. The summed E-state index contributed by atoms with van der Waals surface area (Å²) >= 11 is 4.85. The summed E-state index contributed by atoms with van der Waals surface area (Å²) in [6.07, 6.45) is 0. The molecule has 0 radical (unpaired) electrons. The number of aliphatic hydroxyl groups excluding tert-OH is 1. The van der Waals surface area contributed by atoms with Gasteiger partial charge in [-0.1, -0.05) is 24.3 Å². The third kappa shape index (κ3) is 3.65. The number of nitrogens with one attached hydrogen (secondary N) is 1. The minimum Gasteiger partial charge on any atom is -0.392 e. The molecule has 0 unspecified atom stereocenters. The molecule has 5 heteroatoms. The minimum absolute atomic E-state index is 0.0368. The number of carbonyl (C=O) groups is 1. The Balaban J connectivity index is 1.96. The van der Waals surface area contributed by atoms with Gasteiger partial charge in [-0.2, -0.15) is 0 Å². The molecule has 1 amide bonds. The number of benzene rings is 1. The molecule has 19 heavy (non-hydrogen) atoms. The zero-order chi connectivity index (χ0) is 13.8. The summed E-state index contributed by atoms with van der Waals surface area (Å²) in [4.78, 5) is 12.7. The van der Waals surface area contributed by atoms with E-state index in [1.165, 1.54) is 11.3 Å². The summed E-state index contributed by atoms with van der Waals surface area (Å²) in [7, 11) is 0. The predicted octanol–water partition coefficient (Wildman–Crippen LogP) is 3.24. The summed E-state index contributed by atoms with van der Waals surface area (Å²) in [5, 5.41) is 11.8. The number of amides is 1. The number of aryl methyl sites for hydroxylation is 1. The van der Waals surface area contributed by atoms with E-state index in [1.807, 2.05) is 37.3 Å². The lowest BCUT2D eigenvalue weighted by molar-refractivity contribution is 0.0955. The van der Waals surface area contributed by atoms with Crippen LogP contribution in [-0.4, -0.2) is 11.0 Å². The van der Waals surface area contributed by atoms with Gasteiger partial charge in [-0.25, -0.2) is 0 Å². The summed E-state index contributed by atoms with van der Waals surface area (Å²) in [5.74, 6) is -0.0648. The Kier molecular flexibility index (Phi) is 4.74. The largest absolute Gasteiger partial charge is 0.392 e. The van der Waals surface area contributed by atoms with E-state index in [-0.39, 0.29) is 12.5 Å². The van der Waals surface area contributed by atoms with Gasteiger partial charge in [0.2, 0.25) is 0 Å². The fraction of sp³-hybridized carbons (Fsp3) is 0.214. The minimum atomic E-state index is -0.0648. The van der Waals surface area contributed by atoms with Gasteiger partial charge < -0.3 is 10.4 Å². The lowest BCUT2D eigenvalue weighted by Gasteiger charge is -2.04. The first-order valence-corrected chi connectivity index (χ1v) is 7.44. The van der Waals surface area contributed by atoms with Crippen molar-refractivity contribution in [2.45, 2.75) is 20.1 Å². The SMILES string of the molecule is Cc1cc(C(=O)NCc2ccc(CO)cc2)sc1Br. The zero-order valence-electron chi connectivity index (χ0n) is 10.4. The molecule has 2 N–H and O–H groups in total. The van der Waals surface area contributed by atoms with Gasteiger partial charge >= 0.3 is 0 Å². The third-order valence-corrected chi connectivity index (χ3v) is 4.87. The second-order valence-corrected chi connectivity index (χ2v) is 6.59. The lowest BCUT2D eigenvalue weighted by atomic mass is 10.1. The quantitative estimate of drug-likeness (QED) is 0.898. The van der Waals surface area contributed by atoms with Crippen LogP contribution in [0.2, 0.25) is 0 Å². The van der Waals surface area contributed by atoms with Gasteiger partial charge in [0, 0.05) is 6.54 Å². The van der Waals surface area contributed by atoms with E-state index >= 15 is 0 Å². The van der Waals surface area contributed by atoms with E-state index in [2.05, 4.69) is 21.2 Å². The van der Waals surface area contributed by atoms with Crippen molar-refractivity contribution in [3.63, 3.8) is 0 Å². The number of rotatable bonds is 4. The number of hydrogen-bond acceptors (Lipinski definition) is 3. The van der Waals surface area contributed by atoms with E-state index in [9.17, 15) is 4.79 Å². The number of halogens is 1. The van der Waals surface area contributed by atoms with E-state index in [4.69, 9.17) is 5.11 Å². The Morgan fingerprint density at radius 2 is 1.95 bits per heavy atom. The number of hydrogen-bond donors (Lipinski definition) is 2. The van der Waals surface area contributed by atoms with Crippen LogP contribution in [0.3, 0.4) is 0 Å². The van der Waals surface area contributed by atoms with Gasteiger partial charge in [0.1, 0.15) is 0 Å². The Labute approximate surface area is 124 Å². The second kappa shape index (κ2) is 6.32. The summed E-state index contributed by atoms with van der Waals surface area (Å²) in [6.45, 7) is 2.49. The Morgan fingerprint density at radius 1 is 1.32 bits per heavy atom. The number of aliphatic hydroxyl groups is 1. The maximum absolute atomic E-state index is 11.9. The first-order valence-electron chi connectivity index (χ1n) is 5.83. The molecule has 0 aliphatic carbocycles. The molecule has 1 aromatic heterocycles. The maximum atomic E-state index is 11.9. The highest BCUT2D eigenvalue weighted by Gasteiger charge is 2.10. The van der Waals surface area contributed by atoms with Crippen LogP contribution in [0.25, 0.3) is 0 Å². The van der Waals surface area contributed by atoms with Crippen molar-refractivity contribution in [3.8, 4) is 0 Å². The van der Waals surface area contributed by atoms with Crippen LogP contribution in [0.4, 0.5) is 0 Å². The molecule has 0 aliphatic heterocycles. The van der Waals surface area contributed by atoms with Crippen molar-refractivity contribution in [1.82, 2.24) is 5.32 Å². The van der Waals surface area contributed by atoms with Crippen LogP contribution in [0.5, 0.6) is 0 Å². The first kappa shape index (κ1) is 14.2. The summed E-state index contributed by atoms with van der Waals surface area (Å²) < 4.78 is 0.991. The average molecular weight is 340 g/mol. The smallest absolute Gasteiger partial charge is 0.261 e. The highest BCUT2D eigenvalue weighted by atomic mass is 79.9. The van der Waals surface area contributed by atoms with E-state index in [1.54, 1.807) is 0 Å². The van der Waals surface area contributed by atoms with Crippen molar-refractivity contribution in [2.75, 3.05) is 0 Å². The average Bonchev–Trinajstić information content (AvgIpc) is 2.77. The number of carbonyl (C=O) groups excluding carboxylic acids is 1. The first-order chi connectivity index (χ1) is 9.10. The van der Waals surface area contributed by atoms with E-state index < -0.39 is 0 Å². The van der Waals surface area contributed by atoms with Gasteiger partial charge in [-0.3, -0.25) is 4.79 Å². The highest BCUT2D eigenvalue weighted by Crippen LogP contribution is 2.27. The molecule has 0 atom stereocenters. The molecule has 2 rings (SSSR count). The molecule has 1 heterocycles. The van der Waals surface area contributed by atoms with Crippen molar-refractivity contribution in [3.05, 3.63) is 55.7 Å². The highest BCUT2D eigenvalue weighted by molar-refractivity contribution is 9.11. The van der Waals surface area contributed by atoms with Gasteiger partial charge in [0.05, 0.1) is 15.3 Å². The number of thiophene rings is 1. The zero-order valence-corrected chi connectivity index (χ0v) is 12.8. The molecule has 0 saturated carbocycles. The Hall–Kier alpha value is -1.17. The monoisotopic (exact) mass is 339 g/mol. The van der Waals surface area contributed by atoms with Crippen LogP contribution < -0.4 is 5.32 Å². The fourth-order valence-electron chi connectivity index (χ4n) is 1.60. The molecule has 1 aromatic carbocycles. The van der Waals surface area contributed by atoms with E-state index in [0.717, 1.165) is 20.5 Å². The van der Waals surface area contributed by atoms with Gasteiger partial charge in [0.25, 0.3) is 5.91 Å². The van der Waals surface area contributed by atoms with Crippen LogP contribution in [0.15, 0.2) is 34.1 Å². The second-order valence-electron chi connectivity index (χ2n) is 4.22. The van der Waals surface area contributed by atoms with Crippen molar-refractivity contribution < 1.29 is 9.90 Å².